The van der Waals surface area contributed by atoms with Crippen molar-refractivity contribution in [1.29, 1.82) is 5.26 Å². The Labute approximate surface area is 105 Å². The smallest absolute Gasteiger partial charge is 0.405 e. The summed E-state index contributed by atoms with van der Waals surface area (Å²) in [6, 6.07) is 6.96. The molecule has 0 N–H and O–H groups in total. The molecule has 0 amide bonds. The van der Waals surface area contributed by atoms with E-state index in [1.54, 1.807) is 0 Å². The number of hydrogen-bond donors (Lipinski definition) is 0. The van der Waals surface area contributed by atoms with Crippen LogP contribution in [0.15, 0.2) is 29.2 Å². The topological polar surface area (TPSA) is 50.1 Å². The summed E-state index contributed by atoms with van der Waals surface area (Å²) in [5, 5.41) is 8.42. The Morgan fingerprint density at radius 3 is 2.33 bits per heavy atom. The highest BCUT2D eigenvalue weighted by Crippen LogP contribution is 2.27. The van der Waals surface area contributed by atoms with Crippen LogP contribution in [-0.2, 0) is 10.8 Å². The highest BCUT2D eigenvalue weighted by molar-refractivity contribution is 7.85. The molecule has 2 unspecified atom stereocenters. The lowest BCUT2D eigenvalue weighted by Gasteiger charge is -2.12. The molecule has 0 radical (unpaired) electrons. The molecule has 0 aliphatic heterocycles. The van der Waals surface area contributed by atoms with E-state index >= 15 is 0 Å². The minimum atomic E-state index is -4.66. The van der Waals surface area contributed by atoms with Gasteiger partial charge in [-0.05, 0) is 24.3 Å². The van der Waals surface area contributed by atoms with Crippen molar-refractivity contribution in [3.63, 3.8) is 0 Å². The Morgan fingerprint density at radius 2 is 1.94 bits per heavy atom. The summed E-state index contributed by atoms with van der Waals surface area (Å²) in [4.78, 5) is 0.236. The summed E-state index contributed by atoms with van der Waals surface area (Å²) in [6.45, 7) is 0. The van der Waals surface area contributed by atoms with Gasteiger partial charge in [0.15, 0.2) is 5.92 Å². The third-order valence-corrected chi connectivity index (χ3v) is 3.63. The molecule has 1 aromatic rings. The van der Waals surface area contributed by atoms with Crippen LogP contribution in [0, 0.1) is 17.2 Å². The molecule has 0 fully saturated rings. The maximum absolute atomic E-state index is 12.3. The predicted octanol–water partition coefficient (Wildman–Crippen LogP) is 2.50. The molecule has 0 heterocycles. The number of nitriles is 1. The molecule has 18 heavy (non-hydrogen) atoms. The molecule has 7 heteroatoms. The molecule has 0 saturated carbocycles. The summed E-state index contributed by atoms with van der Waals surface area (Å²) in [5.41, 5.74) is 0. The molecular formula is C11H10F3NO2S. The Balaban J connectivity index is 2.79. The van der Waals surface area contributed by atoms with Gasteiger partial charge in [0.1, 0.15) is 5.75 Å². The van der Waals surface area contributed by atoms with E-state index in [-0.39, 0.29) is 4.90 Å². The number of ether oxygens (including phenoxy) is 1. The first-order valence-corrected chi connectivity index (χ1v) is 6.19. The summed E-state index contributed by atoms with van der Waals surface area (Å²) in [7, 11) is -0.422. The zero-order valence-electron chi connectivity index (χ0n) is 9.40. The lowest BCUT2D eigenvalue weighted by molar-refractivity contribution is -0.153. The van der Waals surface area contributed by atoms with Crippen molar-refractivity contribution < 1.29 is 22.1 Å². The summed E-state index contributed by atoms with van der Waals surface area (Å²) >= 11 is 0. The first kappa shape index (κ1) is 14.5. The normalized spacial score (nSPS) is 14.6. The predicted molar refractivity (Wildman–Crippen MR) is 59.4 cm³/mol. The van der Waals surface area contributed by atoms with Crippen LogP contribution in [0.25, 0.3) is 0 Å². The van der Waals surface area contributed by atoms with E-state index < -0.39 is 28.6 Å². The largest absolute Gasteiger partial charge is 0.497 e. The van der Waals surface area contributed by atoms with Gasteiger partial charge in [0.25, 0.3) is 0 Å². The fourth-order valence-corrected chi connectivity index (χ4v) is 2.38. The van der Waals surface area contributed by atoms with Gasteiger partial charge in [-0.3, -0.25) is 4.21 Å². The SMILES string of the molecule is COc1ccc(S(=O)CC(C#N)C(F)(F)F)cc1. The summed E-state index contributed by atoms with van der Waals surface area (Å²) < 4.78 is 53.6. The minimum Gasteiger partial charge on any atom is -0.497 e. The maximum atomic E-state index is 12.3. The molecule has 0 saturated heterocycles. The molecule has 1 rings (SSSR count). The number of halogens is 3. The van der Waals surface area contributed by atoms with Gasteiger partial charge < -0.3 is 4.74 Å². The number of benzene rings is 1. The second-order valence-electron chi connectivity index (χ2n) is 3.41. The van der Waals surface area contributed by atoms with Crippen LogP contribution < -0.4 is 4.74 Å². The third-order valence-electron chi connectivity index (χ3n) is 2.19. The fraction of sp³-hybridized carbons (Fsp3) is 0.364. The van der Waals surface area contributed by atoms with Crippen LogP contribution in [-0.4, -0.2) is 23.2 Å². The van der Waals surface area contributed by atoms with E-state index in [4.69, 9.17) is 10.00 Å². The van der Waals surface area contributed by atoms with Crippen LogP contribution in [0.1, 0.15) is 0 Å². The second kappa shape index (κ2) is 5.87. The van der Waals surface area contributed by atoms with E-state index in [0.29, 0.717) is 5.75 Å². The van der Waals surface area contributed by atoms with Gasteiger partial charge in [0.05, 0.1) is 29.7 Å². The molecular weight excluding hydrogens is 267 g/mol. The first-order chi connectivity index (χ1) is 8.38. The van der Waals surface area contributed by atoms with Crippen LogP contribution in [0.4, 0.5) is 13.2 Å². The van der Waals surface area contributed by atoms with Crippen molar-refractivity contribution in [3.8, 4) is 11.8 Å². The Morgan fingerprint density at radius 1 is 1.39 bits per heavy atom. The highest BCUT2D eigenvalue weighted by atomic mass is 32.2. The Bertz CT molecular complexity index is 465. The summed E-state index contributed by atoms with van der Waals surface area (Å²) in [5.74, 6) is -2.46. The van der Waals surface area contributed by atoms with Crippen LogP contribution in [0.2, 0.25) is 0 Å². The molecule has 0 aliphatic rings. The number of nitrogens with zero attached hydrogens (tertiary/aromatic N) is 1. The number of alkyl halides is 3. The van der Waals surface area contributed by atoms with Crippen molar-refractivity contribution in [2.45, 2.75) is 11.1 Å². The maximum Gasteiger partial charge on any atom is 0.405 e. The molecule has 1 aromatic carbocycles. The number of methoxy groups -OCH3 is 1. The minimum absolute atomic E-state index is 0.236. The number of rotatable bonds is 4. The monoisotopic (exact) mass is 277 g/mol. The lowest BCUT2D eigenvalue weighted by Crippen LogP contribution is -2.26. The highest BCUT2D eigenvalue weighted by Gasteiger charge is 2.41. The van der Waals surface area contributed by atoms with Gasteiger partial charge in [0, 0.05) is 4.90 Å². The van der Waals surface area contributed by atoms with Gasteiger partial charge in [-0.1, -0.05) is 0 Å². The number of hydrogen-bond acceptors (Lipinski definition) is 3. The average Bonchev–Trinajstić information content (AvgIpc) is 2.34. The molecule has 0 aromatic heterocycles. The zero-order valence-corrected chi connectivity index (χ0v) is 10.2. The van der Waals surface area contributed by atoms with E-state index in [0.717, 1.165) is 6.07 Å². The van der Waals surface area contributed by atoms with E-state index in [1.165, 1.54) is 31.4 Å². The average molecular weight is 277 g/mol. The third kappa shape index (κ3) is 3.74. The Hall–Kier alpha value is -1.55. The van der Waals surface area contributed by atoms with Crippen LogP contribution in [0.5, 0.6) is 5.75 Å². The van der Waals surface area contributed by atoms with Crippen LogP contribution in [0.3, 0.4) is 0 Å². The fourth-order valence-electron chi connectivity index (χ4n) is 1.18. The molecule has 0 bridgehead atoms. The van der Waals surface area contributed by atoms with Crippen molar-refractivity contribution in [1.82, 2.24) is 0 Å². The molecule has 98 valence electrons. The molecule has 3 nitrogen and oxygen atoms in total. The molecule has 0 aliphatic carbocycles. The van der Waals surface area contributed by atoms with Crippen molar-refractivity contribution >= 4 is 10.8 Å². The van der Waals surface area contributed by atoms with Gasteiger partial charge in [-0.25, -0.2) is 0 Å². The summed E-state index contributed by atoms with van der Waals surface area (Å²) in [6.07, 6.45) is -4.66. The first-order valence-electron chi connectivity index (χ1n) is 4.87. The molecule has 0 spiro atoms. The van der Waals surface area contributed by atoms with E-state index in [9.17, 15) is 17.4 Å². The zero-order chi connectivity index (χ0) is 13.8. The van der Waals surface area contributed by atoms with Gasteiger partial charge in [0.2, 0.25) is 0 Å². The van der Waals surface area contributed by atoms with E-state index in [1.807, 2.05) is 0 Å². The van der Waals surface area contributed by atoms with Gasteiger partial charge in [-0.2, -0.15) is 18.4 Å². The van der Waals surface area contributed by atoms with Crippen molar-refractivity contribution in [2.24, 2.45) is 5.92 Å². The Kier molecular flexibility index (Phi) is 4.73. The second-order valence-corrected chi connectivity index (χ2v) is 4.91. The molecule has 2 atom stereocenters. The van der Waals surface area contributed by atoms with Gasteiger partial charge in [-0.15, -0.1) is 0 Å². The lowest BCUT2D eigenvalue weighted by atomic mass is 10.2. The quantitative estimate of drug-likeness (QED) is 0.849. The van der Waals surface area contributed by atoms with Crippen molar-refractivity contribution in [3.05, 3.63) is 24.3 Å². The van der Waals surface area contributed by atoms with Crippen molar-refractivity contribution in [2.75, 3.05) is 12.9 Å². The van der Waals surface area contributed by atoms with E-state index in [2.05, 4.69) is 0 Å². The standard InChI is InChI=1S/C11H10F3NO2S/c1-17-9-2-4-10(5-3-9)18(16)7-8(6-15)11(12,13)14/h2-5,8H,7H2,1H3. The van der Waals surface area contributed by atoms with Crippen LogP contribution >= 0.6 is 0 Å². The van der Waals surface area contributed by atoms with Gasteiger partial charge >= 0.3 is 6.18 Å².